The first-order valence-electron chi connectivity index (χ1n) is 11.8. The van der Waals surface area contributed by atoms with Gasteiger partial charge in [-0.05, 0) is 136 Å². The molecule has 6 heteroatoms. The van der Waals surface area contributed by atoms with Crippen molar-refractivity contribution >= 4 is 5.78 Å². The molecule has 0 aliphatic heterocycles. The van der Waals surface area contributed by atoms with Gasteiger partial charge in [0.1, 0.15) is 34.5 Å². The van der Waals surface area contributed by atoms with Crippen molar-refractivity contribution in [1.82, 2.24) is 0 Å². The number of hydrogen-bond donors (Lipinski definition) is 4. The van der Waals surface area contributed by atoms with Crippen LogP contribution in [0, 0.1) is 41.5 Å². The van der Waals surface area contributed by atoms with Crippen molar-refractivity contribution in [3.63, 3.8) is 0 Å². The van der Waals surface area contributed by atoms with Crippen LogP contribution in [-0.4, -0.2) is 26.2 Å². The predicted octanol–water partition coefficient (Wildman–Crippen LogP) is 7.07. The minimum absolute atomic E-state index is 0.116. The van der Waals surface area contributed by atoms with Gasteiger partial charge in [0.15, 0.2) is 5.78 Å². The Kier molecular flexibility index (Phi) is 8.13. The van der Waals surface area contributed by atoms with E-state index < -0.39 is 0 Å². The lowest BCUT2D eigenvalue weighted by molar-refractivity contribution is 0.103. The fourth-order valence-corrected chi connectivity index (χ4v) is 3.85. The van der Waals surface area contributed by atoms with E-state index in [1.54, 1.807) is 75.4 Å². The Morgan fingerprint density at radius 1 is 0.514 bits per heavy atom. The zero-order valence-corrected chi connectivity index (χ0v) is 21.9. The number of aryl methyl sites for hydroxylation is 6. The molecule has 0 aliphatic carbocycles. The van der Waals surface area contributed by atoms with E-state index in [1.165, 1.54) is 6.07 Å². The second-order valence-electron chi connectivity index (χ2n) is 9.25. The van der Waals surface area contributed by atoms with Crippen molar-refractivity contribution in [3.8, 4) is 34.5 Å². The van der Waals surface area contributed by atoms with Gasteiger partial charge in [-0.3, -0.25) is 4.79 Å². The van der Waals surface area contributed by atoms with Crippen LogP contribution < -0.4 is 4.74 Å². The average molecular weight is 501 g/mol. The van der Waals surface area contributed by atoms with Gasteiger partial charge < -0.3 is 25.2 Å². The van der Waals surface area contributed by atoms with Crippen LogP contribution in [0.5, 0.6) is 34.5 Å². The highest BCUT2D eigenvalue weighted by atomic mass is 16.5. The summed E-state index contributed by atoms with van der Waals surface area (Å²) in [5.74, 6) is 2.16. The van der Waals surface area contributed by atoms with E-state index in [4.69, 9.17) is 4.74 Å². The minimum Gasteiger partial charge on any atom is -0.508 e. The molecule has 0 saturated heterocycles. The van der Waals surface area contributed by atoms with E-state index >= 15 is 0 Å². The number of phenols is 4. The summed E-state index contributed by atoms with van der Waals surface area (Å²) in [5.41, 5.74) is 5.41. The molecule has 0 heterocycles. The molecule has 0 bridgehead atoms. The zero-order chi connectivity index (χ0) is 27.4. The number of carbonyl (C=O) groups is 1. The highest BCUT2D eigenvalue weighted by Crippen LogP contribution is 2.31. The summed E-state index contributed by atoms with van der Waals surface area (Å²) in [4.78, 5) is 12.4. The Balaban J connectivity index is 0.000000206. The summed E-state index contributed by atoms with van der Waals surface area (Å²) in [7, 11) is 0. The van der Waals surface area contributed by atoms with Gasteiger partial charge in [-0.15, -0.1) is 0 Å². The van der Waals surface area contributed by atoms with Crippen LogP contribution in [0.4, 0.5) is 0 Å². The molecule has 192 valence electrons. The van der Waals surface area contributed by atoms with Crippen LogP contribution in [0.1, 0.15) is 49.3 Å². The number of carbonyl (C=O) groups excluding carboxylic acids is 1. The maximum Gasteiger partial charge on any atom is 0.193 e. The van der Waals surface area contributed by atoms with Crippen LogP contribution in [0.25, 0.3) is 0 Å². The van der Waals surface area contributed by atoms with E-state index in [-0.39, 0.29) is 23.0 Å². The van der Waals surface area contributed by atoms with Crippen molar-refractivity contribution in [1.29, 1.82) is 0 Å². The summed E-state index contributed by atoms with van der Waals surface area (Å²) in [6.45, 7) is 10.8. The lowest BCUT2D eigenvalue weighted by Crippen LogP contribution is -2.03. The molecule has 0 fully saturated rings. The van der Waals surface area contributed by atoms with E-state index in [1.807, 2.05) is 20.8 Å². The molecule has 4 aromatic rings. The third-order valence-corrected chi connectivity index (χ3v) is 6.08. The number of rotatable bonds is 4. The number of benzene rings is 4. The van der Waals surface area contributed by atoms with Crippen molar-refractivity contribution < 1.29 is 30.0 Å². The zero-order valence-electron chi connectivity index (χ0n) is 21.9. The second kappa shape index (κ2) is 11.1. The molecule has 0 aliphatic rings. The van der Waals surface area contributed by atoms with Crippen LogP contribution in [0.15, 0.2) is 60.7 Å². The van der Waals surface area contributed by atoms with Gasteiger partial charge in [0, 0.05) is 11.1 Å². The number of hydrogen-bond acceptors (Lipinski definition) is 6. The molecule has 0 amide bonds. The molecule has 4 N–H and O–H groups in total. The number of ketones is 1. The molecule has 0 atom stereocenters. The van der Waals surface area contributed by atoms with Crippen molar-refractivity contribution in [2.75, 3.05) is 0 Å². The molecule has 4 rings (SSSR count). The van der Waals surface area contributed by atoms with Crippen molar-refractivity contribution in [2.45, 2.75) is 41.5 Å². The van der Waals surface area contributed by atoms with Gasteiger partial charge in [0.25, 0.3) is 0 Å². The summed E-state index contributed by atoms with van der Waals surface area (Å²) in [5, 5.41) is 38.3. The van der Waals surface area contributed by atoms with Gasteiger partial charge in [-0.25, -0.2) is 0 Å². The van der Waals surface area contributed by atoms with Gasteiger partial charge in [-0.2, -0.15) is 0 Å². The lowest BCUT2D eigenvalue weighted by atomic mass is 9.97. The molecule has 0 aromatic heterocycles. The van der Waals surface area contributed by atoms with Crippen LogP contribution in [-0.2, 0) is 0 Å². The van der Waals surface area contributed by atoms with Gasteiger partial charge in [0.05, 0.1) is 0 Å². The fraction of sp³-hybridized carbons (Fsp3) is 0.194. The predicted molar refractivity (Wildman–Crippen MR) is 144 cm³/mol. The van der Waals surface area contributed by atoms with Crippen LogP contribution in [0.3, 0.4) is 0 Å². The summed E-state index contributed by atoms with van der Waals surface area (Å²) in [6.07, 6.45) is 0. The summed E-state index contributed by atoms with van der Waals surface area (Å²) < 4.78 is 5.71. The van der Waals surface area contributed by atoms with Gasteiger partial charge >= 0.3 is 0 Å². The maximum absolute atomic E-state index is 12.4. The number of aromatic hydroxyl groups is 4. The topological polar surface area (TPSA) is 107 Å². The van der Waals surface area contributed by atoms with Crippen molar-refractivity contribution in [3.05, 3.63) is 105 Å². The highest BCUT2D eigenvalue weighted by molar-refractivity contribution is 6.09. The fourth-order valence-electron chi connectivity index (χ4n) is 3.85. The first kappa shape index (κ1) is 27.1. The molecular weight excluding hydrogens is 468 g/mol. The molecular formula is C31H32O6. The van der Waals surface area contributed by atoms with E-state index in [2.05, 4.69) is 0 Å². The molecule has 37 heavy (non-hydrogen) atoms. The molecule has 4 aromatic carbocycles. The first-order valence-corrected chi connectivity index (χ1v) is 11.8. The summed E-state index contributed by atoms with van der Waals surface area (Å²) in [6, 6.07) is 16.8. The van der Waals surface area contributed by atoms with Crippen LogP contribution in [0.2, 0.25) is 0 Å². The molecule has 0 saturated carbocycles. The Morgan fingerprint density at radius 2 is 0.919 bits per heavy atom. The average Bonchev–Trinajstić information content (AvgIpc) is 2.84. The number of phenolic OH excluding ortho intramolecular Hbond substituents is 4. The Hall–Kier alpha value is -4.45. The molecule has 6 nitrogen and oxygen atoms in total. The molecule has 0 unspecified atom stereocenters. The molecule has 0 spiro atoms. The van der Waals surface area contributed by atoms with Crippen LogP contribution >= 0.6 is 0 Å². The Morgan fingerprint density at radius 3 is 1.41 bits per heavy atom. The summed E-state index contributed by atoms with van der Waals surface area (Å²) >= 11 is 0. The standard InChI is InChI=1S/C16H16O3.C15H16O3/c1-9-6-12(4-5-14(9)17)16(19)13-7-10(2)15(18)11(3)8-13;1-9-6-12(4-5-14(9)16)18-13-7-10(2)15(17)11(3)8-13/h4-8,17-18H,1-3H3;4-8,16-17H,1-3H3. The maximum atomic E-state index is 12.4. The largest absolute Gasteiger partial charge is 0.508 e. The third kappa shape index (κ3) is 6.41. The Bertz CT molecular complexity index is 1420. The lowest BCUT2D eigenvalue weighted by Gasteiger charge is -2.10. The first-order chi connectivity index (χ1) is 17.4. The van der Waals surface area contributed by atoms with Gasteiger partial charge in [0.2, 0.25) is 0 Å². The highest BCUT2D eigenvalue weighted by Gasteiger charge is 2.13. The second-order valence-corrected chi connectivity index (χ2v) is 9.25. The quantitative estimate of drug-likeness (QED) is 0.223. The SMILES string of the molecule is Cc1cc(C(=O)c2cc(C)c(O)c(C)c2)ccc1O.Cc1cc(Oc2cc(C)c(O)c(C)c2)ccc1O. The van der Waals surface area contributed by atoms with E-state index in [0.29, 0.717) is 45.1 Å². The molecule has 0 radical (unpaired) electrons. The monoisotopic (exact) mass is 500 g/mol. The Labute approximate surface area is 217 Å². The third-order valence-electron chi connectivity index (χ3n) is 6.08. The smallest absolute Gasteiger partial charge is 0.193 e. The van der Waals surface area contributed by atoms with Gasteiger partial charge in [-0.1, -0.05) is 0 Å². The van der Waals surface area contributed by atoms with E-state index in [9.17, 15) is 25.2 Å². The van der Waals surface area contributed by atoms with Crippen molar-refractivity contribution in [2.24, 2.45) is 0 Å². The minimum atomic E-state index is -0.116. The van der Waals surface area contributed by atoms with E-state index in [0.717, 1.165) is 16.7 Å². The number of ether oxygens (including phenoxy) is 1. The normalized spacial score (nSPS) is 10.4.